The standard InChI is InChI=1S/C24H22N2O5S2/c1-30-24(29)20-17-5-2-6-18(17)33-22(20)25-21(28)14-7-9-15(10-8-14)23-26(19(27)13-32-23)12-16-4-3-11-31-16/h3-4,7-11,23H,2,5-6,12-13H2,1H3,(H,25,28)/t23-/m1/s1. The van der Waals surface area contributed by atoms with E-state index in [1.807, 2.05) is 18.2 Å². The number of aryl methyl sites for hydroxylation is 1. The van der Waals surface area contributed by atoms with Crippen LogP contribution < -0.4 is 5.32 Å². The number of ether oxygens (including phenoxy) is 1. The summed E-state index contributed by atoms with van der Waals surface area (Å²) in [7, 11) is 1.35. The molecule has 9 heteroatoms. The van der Waals surface area contributed by atoms with E-state index in [1.165, 1.54) is 18.4 Å². The van der Waals surface area contributed by atoms with Crippen LogP contribution in [0.25, 0.3) is 0 Å². The van der Waals surface area contributed by atoms with Crippen molar-refractivity contribution in [2.75, 3.05) is 18.2 Å². The summed E-state index contributed by atoms with van der Waals surface area (Å²) >= 11 is 3.01. The lowest BCUT2D eigenvalue weighted by Crippen LogP contribution is -2.27. The third-order valence-electron chi connectivity index (χ3n) is 5.87. The monoisotopic (exact) mass is 482 g/mol. The predicted octanol–water partition coefficient (Wildman–Crippen LogP) is 4.64. The van der Waals surface area contributed by atoms with Crippen molar-refractivity contribution in [3.8, 4) is 0 Å². The maximum absolute atomic E-state index is 12.9. The number of fused-ring (bicyclic) bond motifs is 1. The van der Waals surface area contributed by atoms with E-state index in [-0.39, 0.29) is 17.2 Å². The minimum atomic E-state index is -0.417. The fraction of sp³-hybridized carbons (Fsp3) is 0.292. The van der Waals surface area contributed by atoms with Gasteiger partial charge < -0.3 is 19.4 Å². The van der Waals surface area contributed by atoms with Crippen LogP contribution in [0.5, 0.6) is 0 Å². The molecule has 7 nitrogen and oxygen atoms in total. The fourth-order valence-electron chi connectivity index (χ4n) is 4.26. The maximum atomic E-state index is 12.9. The van der Waals surface area contributed by atoms with Gasteiger partial charge in [-0.2, -0.15) is 0 Å². The van der Waals surface area contributed by atoms with Crippen molar-refractivity contribution in [3.63, 3.8) is 0 Å². The molecule has 5 rings (SSSR count). The van der Waals surface area contributed by atoms with Gasteiger partial charge in [-0.3, -0.25) is 9.59 Å². The van der Waals surface area contributed by atoms with Crippen LogP contribution in [-0.4, -0.2) is 35.5 Å². The molecule has 0 bridgehead atoms. The number of esters is 1. The lowest BCUT2D eigenvalue weighted by Gasteiger charge is -2.23. The van der Waals surface area contributed by atoms with Gasteiger partial charge >= 0.3 is 5.97 Å². The van der Waals surface area contributed by atoms with Crippen LogP contribution in [0.1, 0.15) is 54.3 Å². The third-order valence-corrected chi connectivity index (χ3v) is 8.33. The number of anilines is 1. The van der Waals surface area contributed by atoms with Gasteiger partial charge in [-0.1, -0.05) is 12.1 Å². The van der Waals surface area contributed by atoms with Gasteiger partial charge in [-0.05, 0) is 54.7 Å². The van der Waals surface area contributed by atoms with Crippen molar-refractivity contribution < 1.29 is 23.5 Å². The van der Waals surface area contributed by atoms with E-state index < -0.39 is 5.97 Å². The molecular formula is C24H22N2O5S2. The van der Waals surface area contributed by atoms with Crippen LogP contribution >= 0.6 is 23.1 Å². The Hall–Kier alpha value is -3.04. The Labute approximate surface area is 199 Å². The Bertz CT molecular complexity index is 1200. The summed E-state index contributed by atoms with van der Waals surface area (Å²) in [6, 6.07) is 10.9. The van der Waals surface area contributed by atoms with Crippen molar-refractivity contribution in [1.29, 1.82) is 0 Å². The number of carbonyl (C=O) groups excluding carboxylic acids is 3. The number of nitrogens with one attached hydrogen (secondary N) is 1. The van der Waals surface area contributed by atoms with E-state index >= 15 is 0 Å². The number of amides is 2. The second-order valence-corrected chi connectivity index (χ2v) is 10.1. The lowest BCUT2D eigenvalue weighted by molar-refractivity contribution is -0.128. The van der Waals surface area contributed by atoms with Crippen LogP contribution in [0.15, 0.2) is 47.1 Å². The number of benzene rings is 1. The number of furan rings is 1. The molecule has 33 heavy (non-hydrogen) atoms. The van der Waals surface area contributed by atoms with Crippen molar-refractivity contribution in [1.82, 2.24) is 4.90 Å². The van der Waals surface area contributed by atoms with Crippen LogP contribution in [0, 0.1) is 0 Å². The predicted molar refractivity (Wildman–Crippen MR) is 127 cm³/mol. The molecule has 0 radical (unpaired) electrons. The summed E-state index contributed by atoms with van der Waals surface area (Å²) in [4.78, 5) is 40.6. The van der Waals surface area contributed by atoms with Gasteiger partial charge in [0.15, 0.2) is 0 Å². The number of nitrogens with zero attached hydrogens (tertiary/aromatic N) is 1. The van der Waals surface area contributed by atoms with Crippen LogP contribution in [0.3, 0.4) is 0 Å². The average molecular weight is 483 g/mol. The molecule has 1 saturated heterocycles. The second kappa shape index (κ2) is 9.07. The Morgan fingerprint density at radius 3 is 2.76 bits per heavy atom. The molecule has 1 fully saturated rings. The average Bonchev–Trinajstić information content (AvgIpc) is 3.60. The number of thiophene rings is 1. The quantitative estimate of drug-likeness (QED) is 0.515. The van der Waals surface area contributed by atoms with Gasteiger partial charge in [0.25, 0.3) is 5.91 Å². The van der Waals surface area contributed by atoms with Gasteiger partial charge in [0.1, 0.15) is 16.1 Å². The van der Waals surface area contributed by atoms with Crippen molar-refractivity contribution in [3.05, 3.63) is 75.6 Å². The minimum Gasteiger partial charge on any atom is -0.467 e. The van der Waals surface area contributed by atoms with Crippen LogP contribution in [0.2, 0.25) is 0 Å². The Morgan fingerprint density at radius 1 is 1.21 bits per heavy atom. The largest absolute Gasteiger partial charge is 0.467 e. The molecular weight excluding hydrogens is 460 g/mol. The van der Waals surface area contributed by atoms with Crippen molar-refractivity contribution in [2.24, 2.45) is 0 Å². The zero-order chi connectivity index (χ0) is 22.9. The first kappa shape index (κ1) is 21.8. The first-order chi connectivity index (χ1) is 16.0. The summed E-state index contributed by atoms with van der Waals surface area (Å²) in [5.41, 5.74) is 2.90. The van der Waals surface area contributed by atoms with Crippen LogP contribution in [-0.2, 0) is 28.9 Å². The highest BCUT2D eigenvalue weighted by atomic mass is 32.2. The number of methoxy groups -OCH3 is 1. The van der Waals surface area contributed by atoms with Gasteiger partial charge in [0.05, 0.1) is 31.2 Å². The van der Waals surface area contributed by atoms with E-state index in [2.05, 4.69) is 5.32 Å². The van der Waals surface area contributed by atoms with Crippen molar-refractivity contribution >= 4 is 45.9 Å². The Morgan fingerprint density at radius 2 is 2.03 bits per heavy atom. The van der Waals surface area contributed by atoms with E-state index in [0.717, 1.165) is 41.0 Å². The summed E-state index contributed by atoms with van der Waals surface area (Å²) in [5, 5.41) is 3.31. The fourth-order valence-corrected chi connectivity index (χ4v) is 6.72. The number of thioether (sulfide) groups is 1. The highest BCUT2D eigenvalue weighted by molar-refractivity contribution is 8.00. The SMILES string of the molecule is COC(=O)c1c(NC(=O)c2ccc([C@H]3SCC(=O)N3Cc3ccco3)cc2)sc2c1CCC2. The molecule has 0 saturated carbocycles. The Balaban J connectivity index is 1.32. The van der Waals surface area contributed by atoms with Gasteiger partial charge in [-0.25, -0.2) is 4.79 Å². The molecule has 0 unspecified atom stereocenters. The zero-order valence-corrected chi connectivity index (χ0v) is 19.6. The normalized spacial score (nSPS) is 17.3. The molecule has 1 aromatic carbocycles. The van der Waals surface area contributed by atoms with Crippen LogP contribution in [0.4, 0.5) is 5.00 Å². The second-order valence-electron chi connectivity index (χ2n) is 7.89. The van der Waals surface area contributed by atoms with Gasteiger partial charge in [0.2, 0.25) is 5.91 Å². The molecule has 0 spiro atoms. The first-order valence-corrected chi connectivity index (χ1v) is 12.5. The summed E-state index contributed by atoms with van der Waals surface area (Å²) in [6.45, 7) is 0.408. The molecule has 1 N–H and O–H groups in total. The van der Waals surface area contributed by atoms with E-state index in [4.69, 9.17) is 9.15 Å². The molecule has 1 aliphatic carbocycles. The smallest absolute Gasteiger partial charge is 0.341 e. The van der Waals surface area contributed by atoms with Gasteiger partial charge in [-0.15, -0.1) is 23.1 Å². The maximum Gasteiger partial charge on any atom is 0.341 e. The zero-order valence-electron chi connectivity index (χ0n) is 18.0. The summed E-state index contributed by atoms with van der Waals surface area (Å²) in [5.74, 6) is 0.502. The molecule has 2 aromatic heterocycles. The van der Waals surface area contributed by atoms with E-state index in [1.54, 1.807) is 41.1 Å². The molecule has 2 amide bonds. The number of carbonyl (C=O) groups is 3. The topological polar surface area (TPSA) is 88.8 Å². The molecule has 3 aromatic rings. The van der Waals surface area contributed by atoms with Crippen molar-refractivity contribution in [2.45, 2.75) is 31.2 Å². The Kier molecular flexibility index (Phi) is 5.99. The van der Waals surface area contributed by atoms with E-state index in [0.29, 0.717) is 28.4 Å². The lowest BCUT2D eigenvalue weighted by atomic mass is 10.1. The molecule has 3 heterocycles. The molecule has 170 valence electrons. The number of hydrogen-bond acceptors (Lipinski definition) is 7. The summed E-state index contributed by atoms with van der Waals surface area (Å²) in [6.07, 6.45) is 4.35. The van der Waals surface area contributed by atoms with Gasteiger partial charge in [0, 0.05) is 10.4 Å². The first-order valence-electron chi connectivity index (χ1n) is 10.6. The molecule has 1 atom stereocenters. The van der Waals surface area contributed by atoms with E-state index in [9.17, 15) is 14.4 Å². The minimum absolute atomic E-state index is 0.0595. The highest BCUT2D eigenvalue weighted by Crippen LogP contribution is 2.41. The summed E-state index contributed by atoms with van der Waals surface area (Å²) < 4.78 is 10.4. The number of rotatable bonds is 6. The molecule has 2 aliphatic rings. The number of hydrogen-bond donors (Lipinski definition) is 1. The highest BCUT2D eigenvalue weighted by Gasteiger charge is 2.33. The third kappa shape index (κ3) is 4.18. The molecule has 1 aliphatic heterocycles.